The number of nitrogens with zero attached hydrogens (tertiary/aromatic N) is 3. The first-order valence-electron chi connectivity index (χ1n) is 5.72. The largest absolute Gasteiger partial charge is 0.308 e. The minimum absolute atomic E-state index is 0.692. The van der Waals surface area contributed by atoms with Gasteiger partial charge in [-0.2, -0.15) is 0 Å². The number of para-hydroxylation sites is 1. The van der Waals surface area contributed by atoms with Crippen molar-refractivity contribution in [2.75, 3.05) is 0 Å². The molecule has 88 valence electrons. The van der Waals surface area contributed by atoms with Gasteiger partial charge in [-0.3, -0.25) is 0 Å². The molecule has 0 aliphatic heterocycles. The maximum atomic E-state index is 4.14. The van der Waals surface area contributed by atoms with Gasteiger partial charge in [0.05, 0.1) is 17.6 Å². The smallest absolute Gasteiger partial charge is 0.0809 e. The molecular formula is C12H13BrN4. The molecule has 1 aromatic heterocycles. The summed E-state index contributed by atoms with van der Waals surface area (Å²) in [5.74, 6) is 0. The molecule has 17 heavy (non-hydrogen) atoms. The van der Waals surface area contributed by atoms with E-state index in [0.717, 1.165) is 22.4 Å². The third-order valence-corrected chi connectivity index (χ3v) is 3.52. The Kier molecular flexibility index (Phi) is 2.94. The summed E-state index contributed by atoms with van der Waals surface area (Å²) < 4.78 is 2.90. The van der Waals surface area contributed by atoms with Crippen molar-refractivity contribution in [1.29, 1.82) is 0 Å². The van der Waals surface area contributed by atoms with E-state index in [2.05, 4.69) is 31.6 Å². The molecular weight excluding hydrogens is 280 g/mol. The Morgan fingerprint density at radius 2 is 2.18 bits per heavy atom. The fraction of sp³-hybridized carbons (Fsp3) is 0.333. The predicted octanol–water partition coefficient (Wildman–Crippen LogP) is 2.28. The first-order chi connectivity index (χ1) is 8.34. The van der Waals surface area contributed by atoms with Crippen LogP contribution in [0, 0.1) is 0 Å². The molecule has 1 heterocycles. The number of nitrogens with one attached hydrogen (secondary N) is 1. The number of halogens is 1. The third kappa shape index (κ3) is 2.40. The van der Waals surface area contributed by atoms with Crippen LogP contribution in [0.1, 0.15) is 18.5 Å². The first-order valence-corrected chi connectivity index (χ1v) is 6.52. The van der Waals surface area contributed by atoms with E-state index in [1.807, 2.05) is 35.1 Å². The standard InChI is InChI=1S/C12H13BrN4/c13-11-3-1-2-4-12(11)17-10(8-15-16-17)7-14-9-5-6-9/h1-4,8-9,14H,5-7H2. The van der Waals surface area contributed by atoms with Gasteiger partial charge in [-0.1, -0.05) is 17.3 Å². The van der Waals surface area contributed by atoms with Crippen LogP contribution in [0.25, 0.3) is 5.69 Å². The normalized spacial score (nSPS) is 15.1. The van der Waals surface area contributed by atoms with Crippen LogP contribution in [0.3, 0.4) is 0 Å². The molecule has 1 aliphatic carbocycles. The predicted molar refractivity (Wildman–Crippen MR) is 68.9 cm³/mol. The van der Waals surface area contributed by atoms with Gasteiger partial charge >= 0.3 is 0 Å². The van der Waals surface area contributed by atoms with Crippen molar-refractivity contribution in [3.8, 4) is 5.69 Å². The van der Waals surface area contributed by atoms with Gasteiger partial charge in [-0.25, -0.2) is 4.68 Å². The molecule has 0 bridgehead atoms. The van der Waals surface area contributed by atoms with E-state index in [1.54, 1.807) is 0 Å². The van der Waals surface area contributed by atoms with Gasteiger partial charge in [0, 0.05) is 17.1 Å². The highest BCUT2D eigenvalue weighted by Crippen LogP contribution is 2.22. The Hall–Kier alpha value is -1.20. The summed E-state index contributed by atoms with van der Waals surface area (Å²) in [6, 6.07) is 8.72. The summed E-state index contributed by atoms with van der Waals surface area (Å²) in [5, 5.41) is 11.6. The van der Waals surface area contributed by atoms with Crippen LogP contribution >= 0.6 is 15.9 Å². The molecule has 0 amide bonds. The van der Waals surface area contributed by atoms with E-state index in [4.69, 9.17) is 0 Å². The summed E-state index contributed by atoms with van der Waals surface area (Å²) in [6.07, 6.45) is 4.39. The molecule has 1 saturated carbocycles. The second-order valence-electron chi connectivity index (χ2n) is 4.24. The molecule has 4 nitrogen and oxygen atoms in total. The number of aromatic nitrogens is 3. The summed E-state index contributed by atoms with van der Waals surface area (Å²) in [5.41, 5.74) is 2.11. The van der Waals surface area contributed by atoms with Crippen molar-refractivity contribution in [2.45, 2.75) is 25.4 Å². The number of rotatable bonds is 4. The Morgan fingerprint density at radius 1 is 1.35 bits per heavy atom. The molecule has 2 aromatic rings. The second-order valence-corrected chi connectivity index (χ2v) is 5.10. The third-order valence-electron chi connectivity index (χ3n) is 2.85. The van der Waals surface area contributed by atoms with Crippen molar-refractivity contribution in [3.63, 3.8) is 0 Å². The van der Waals surface area contributed by atoms with Gasteiger partial charge in [0.2, 0.25) is 0 Å². The molecule has 0 saturated heterocycles. The zero-order chi connectivity index (χ0) is 11.7. The van der Waals surface area contributed by atoms with E-state index >= 15 is 0 Å². The van der Waals surface area contributed by atoms with Gasteiger partial charge in [-0.05, 0) is 40.9 Å². The number of benzene rings is 1. The van der Waals surface area contributed by atoms with Gasteiger partial charge in [0.15, 0.2) is 0 Å². The zero-order valence-electron chi connectivity index (χ0n) is 9.31. The fourth-order valence-corrected chi connectivity index (χ4v) is 2.19. The highest BCUT2D eigenvalue weighted by atomic mass is 79.9. The van der Waals surface area contributed by atoms with Gasteiger partial charge in [-0.15, -0.1) is 5.10 Å². The van der Waals surface area contributed by atoms with Crippen LogP contribution in [0.4, 0.5) is 0 Å². The topological polar surface area (TPSA) is 42.7 Å². The van der Waals surface area contributed by atoms with Crippen molar-refractivity contribution < 1.29 is 0 Å². The molecule has 0 spiro atoms. The van der Waals surface area contributed by atoms with E-state index in [1.165, 1.54) is 12.8 Å². The van der Waals surface area contributed by atoms with Crippen molar-refractivity contribution >= 4 is 15.9 Å². The fourth-order valence-electron chi connectivity index (χ4n) is 1.74. The zero-order valence-corrected chi connectivity index (χ0v) is 10.9. The van der Waals surface area contributed by atoms with Crippen LogP contribution < -0.4 is 5.32 Å². The minimum atomic E-state index is 0.692. The molecule has 0 radical (unpaired) electrons. The number of hydrogen-bond donors (Lipinski definition) is 1. The van der Waals surface area contributed by atoms with Crippen molar-refractivity contribution in [1.82, 2.24) is 20.3 Å². The average Bonchev–Trinajstić information content (AvgIpc) is 3.06. The second kappa shape index (κ2) is 4.58. The van der Waals surface area contributed by atoms with E-state index in [0.29, 0.717) is 6.04 Å². The average molecular weight is 293 g/mol. The summed E-state index contributed by atoms with van der Waals surface area (Å²) in [7, 11) is 0. The lowest BCUT2D eigenvalue weighted by atomic mass is 10.3. The molecule has 3 rings (SSSR count). The van der Waals surface area contributed by atoms with Crippen LogP contribution in [0.5, 0.6) is 0 Å². The van der Waals surface area contributed by atoms with Crippen LogP contribution in [-0.2, 0) is 6.54 Å². The van der Waals surface area contributed by atoms with Crippen LogP contribution in [0.15, 0.2) is 34.9 Å². The molecule has 0 atom stereocenters. The molecule has 1 aliphatic rings. The Bertz CT molecular complexity index is 519. The Morgan fingerprint density at radius 3 is 2.94 bits per heavy atom. The van der Waals surface area contributed by atoms with Crippen molar-refractivity contribution in [2.24, 2.45) is 0 Å². The van der Waals surface area contributed by atoms with Gasteiger partial charge in [0.25, 0.3) is 0 Å². The Labute approximate surface area is 108 Å². The van der Waals surface area contributed by atoms with Gasteiger partial charge < -0.3 is 5.32 Å². The van der Waals surface area contributed by atoms with Gasteiger partial charge in [0.1, 0.15) is 0 Å². The van der Waals surface area contributed by atoms with E-state index in [9.17, 15) is 0 Å². The molecule has 1 N–H and O–H groups in total. The monoisotopic (exact) mass is 292 g/mol. The highest BCUT2D eigenvalue weighted by Gasteiger charge is 2.21. The summed E-state index contributed by atoms with van der Waals surface area (Å²) in [6.45, 7) is 0.818. The maximum Gasteiger partial charge on any atom is 0.0809 e. The SMILES string of the molecule is Brc1ccccc1-n1nncc1CNC1CC1. The summed E-state index contributed by atoms with van der Waals surface area (Å²) in [4.78, 5) is 0. The van der Waals surface area contributed by atoms with Crippen molar-refractivity contribution in [3.05, 3.63) is 40.6 Å². The van der Waals surface area contributed by atoms with E-state index < -0.39 is 0 Å². The highest BCUT2D eigenvalue weighted by molar-refractivity contribution is 9.10. The molecule has 0 unspecified atom stereocenters. The number of hydrogen-bond acceptors (Lipinski definition) is 3. The van der Waals surface area contributed by atoms with Crippen LogP contribution in [0.2, 0.25) is 0 Å². The molecule has 1 aromatic carbocycles. The molecule has 1 fully saturated rings. The molecule has 5 heteroatoms. The lowest BCUT2D eigenvalue weighted by Gasteiger charge is -2.08. The lowest BCUT2D eigenvalue weighted by Crippen LogP contribution is -2.18. The lowest BCUT2D eigenvalue weighted by molar-refractivity contribution is 0.646. The van der Waals surface area contributed by atoms with Crippen LogP contribution in [-0.4, -0.2) is 21.0 Å². The maximum absolute atomic E-state index is 4.14. The summed E-state index contributed by atoms with van der Waals surface area (Å²) >= 11 is 3.54. The minimum Gasteiger partial charge on any atom is -0.308 e. The van der Waals surface area contributed by atoms with E-state index in [-0.39, 0.29) is 0 Å². The quantitative estimate of drug-likeness (QED) is 0.940. The Balaban J connectivity index is 1.86. The first kappa shape index (κ1) is 10.9.